The number of nitrogens with two attached hydrogens (primary N) is 3. The van der Waals surface area contributed by atoms with Crippen molar-refractivity contribution >= 4 is 40.3 Å². The summed E-state index contributed by atoms with van der Waals surface area (Å²) in [6.07, 6.45) is 2.62. The number of nitrogen functional groups attached to an aromatic ring is 3. The van der Waals surface area contributed by atoms with Crippen LogP contribution in [0.1, 0.15) is 16.7 Å². The molecule has 0 radical (unpaired) electrons. The Hall–Kier alpha value is -3.60. The fraction of sp³-hybridized carbons (Fsp3) is 0.0833. The Bertz CT molecular complexity index is 1230. The molecule has 0 saturated heterocycles. The SMILES string of the molecule is C=CC1=C(B2c3cc(N)ccc3Oc3cccc(C)c32)Cc2c(N)ccc(N)c21. The third-order valence-corrected chi connectivity index (χ3v) is 6.05. The van der Waals surface area contributed by atoms with Crippen molar-refractivity contribution in [2.45, 2.75) is 13.3 Å². The molecule has 0 amide bonds. The number of hydrogen-bond donors (Lipinski definition) is 3. The average molecular weight is 379 g/mol. The van der Waals surface area contributed by atoms with E-state index in [-0.39, 0.29) is 6.71 Å². The molecule has 1 heterocycles. The molecule has 29 heavy (non-hydrogen) atoms. The van der Waals surface area contributed by atoms with Crippen LogP contribution < -0.4 is 32.9 Å². The van der Waals surface area contributed by atoms with E-state index < -0.39 is 0 Å². The lowest BCUT2D eigenvalue weighted by molar-refractivity contribution is 0.487. The molecule has 0 aromatic heterocycles. The van der Waals surface area contributed by atoms with Crippen LogP contribution in [0.3, 0.4) is 0 Å². The molecule has 3 aromatic carbocycles. The summed E-state index contributed by atoms with van der Waals surface area (Å²) in [4.78, 5) is 0. The summed E-state index contributed by atoms with van der Waals surface area (Å²) in [7, 11) is 0. The van der Waals surface area contributed by atoms with Gasteiger partial charge in [-0.3, -0.25) is 0 Å². The predicted molar refractivity (Wildman–Crippen MR) is 123 cm³/mol. The van der Waals surface area contributed by atoms with Gasteiger partial charge in [-0.2, -0.15) is 0 Å². The van der Waals surface area contributed by atoms with E-state index in [2.05, 4.69) is 19.6 Å². The van der Waals surface area contributed by atoms with Gasteiger partial charge in [0.1, 0.15) is 11.5 Å². The van der Waals surface area contributed by atoms with Gasteiger partial charge in [0.2, 0.25) is 6.71 Å². The molecule has 3 aromatic rings. The molecule has 6 N–H and O–H groups in total. The quantitative estimate of drug-likeness (QED) is 0.471. The van der Waals surface area contributed by atoms with Crippen LogP contribution in [0, 0.1) is 6.92 Å². The molecule has 0 atom stereocenters. The molecule has 0 saturated carbocycles. The van der Waals surface area contributed by atoms with Gasteiger partial charge in [-0.1, -0.05) is 35.8 Å². The molecule has 1 aliphatic carbocycles. The van der Waals surface area contributed by atoms with E-state index >= 15 is 0 Å². The summed E-state index contributed by atoms with van der Waals surface area (Å²) in [5, 5.41) is 0. The predicted octanol–water partition coefficient (Wildman–Crippen LogP) is 3.19. The van der Waals surface area contributed by atoms with Crippen LogP contribution in [0.25, 0.3) is 5.57 Å². The van der Waals surface area contributed by atoms with Crippen molar-refractivity contribution in [3.63, 3.8) is 0 Å². The van der Waals surface area contributed by atoms with Crippen molar-refractivity contribution in [2.75, 3.05) is 17.2 Å². The molecule has 4 nitrogen and oxygen atoms in total. The Balaban J connectivity index is 1.82. The lowest BCUT2D eigenvalue weighted by Crippen LogP contribution is -2.49. The zero-order valence-corrected chi connectivity index (χ0v) is 16.3. The Kier molecular flexibility index (Phi) is 3.75. The highest BCUT2D eigenvalue weighted by atomic mass is 16.5. The van der Waals surface area contributed by atoms with Crippen molar-refractivity contribution in [1.82, 2.24) is 0 Å². The molecule has 2 aliphatic rings. The van der Waals surface area contributed by atoms with E-state index in [1.807, 2.05) is 48.5 Å². The average Bonchev–Trinajstić information content (AvgIpc) is 3.10. The number of hydrogen-bond acceptors (Lipinski definition) is 4. The number of ether oxygens (including phenoxy) is 1. The molecule has 0 spiro atoms. The largest absolute Gasteiger partial charge is 0.458 e. The lowest BCUT2D eigenvalue weighted by Gasteiger charge is -2.29. The van der Waals surface area contributed by atoms with Crippen molar-refractivity contribution in [1.29, 1.82) is 0 Å². The molecular formula is C24H22BN3O. The maximum absolute atomic E-state index is 6.36. The molecular weight excluding hydrogens is 357 g/mol. The highest BCUT2D eigenvalue weighted by molar-refractivity contribution is 6.93. The molecule has 0 bridgehead atoms. The number of aryl methyl sites for hydroxylation is 1. The maximum atomic E-state index is 6.36. The Morgan fingerprint density at radius 2 is 1.79 bits per heavy atom. The van der Waals surface area contributed by atoms with Crippen LogP contribution in [0.2, 0.25) is 0 Å². The van der Waals surface area contributed by atoms with Gasteiger partial charge in [-0.25, -0.2) is 0 Å². The summed E-state index contributed by atoms with van der Waals surface area (Å²) >= 11 is 0. The van der Waals surface area contributed by atoms with Crippen molar-refractivity contribution < 1.29 is 4.74 Å². The molecule has 0 fully saturated rings. The second-order valence-corrected chi connectivity index (χ2v) is 7.74. The summed E-state index contributed by atoms with van der Waals surface area (Å²) in [5.41, 5.74) is 28.8. The van der Waals surface area contributed by atoms with Crippen molar-refractivity contribution in [3.05, 3.63) is 83.3 Å². The Labute approximate surface area is 170 Å². The van der Waals surface area contributed by atoms with Crippen LogP contribution in [0.4, 0.5) is 17.1 Å². The third kappa shape index (κ3) is 2.47. The highest BCUT2D eigenvalue weighted by Crippen LogP contribution is 2.42. The van der Waals surface area contributed by atoms with Gasteiger partial charge in [-0.15, -0.1) is 0 Å². The van der Waals surface area contributed by atoms with Crippen LogP contribution in [-0.4, -0.2) is 6.71 Å². The first-order chi connectivity index (χ1) is 14.0. The first kappa shape index (κ1) is 17.5. The Morgan fingerprint density at radius 1 is 1.00 bits per heavy atom. The van der Waals surface area contributed by atoms with Gasteiger partial charge < -0.3 is 21.9 Å². The molecule has 5 heteroatoms. The summed E-state index contributed by atoms with van der Waals surface area (Å²) in [6, 6.07) is 15.7. The van der Waals surface area contributed by atoms with Gasteiger partial charge >= 0.3 is 0 Å². The number of anilines is 3. The van der Waals surface area contributed by atoms with Crippen LogP contribution >= 0.6 is 0 Å². The second kappa shape index (κ2) is 6.21. The normalized spacial score (nSPS) is 14.2. The standard InChI is InChI=1S/C24H22BN3O/c1-3-15-17(12-16-19(27)8-9-20(28)23(15)16)25-18-11-14(26)7-10-21(18)29-22-6-4-5-13(2)24(22)25/h3-11H,1,12,26-28H2,2H3. The minimum absolute atomic E-state index is 0.00218. The fourth-order valence-corrected chi connectivity index (χ4v) is 4.76. The van der Waals surface area contributed by atoms with E-state index in [9.17, 15) is 0 Å². The Morgan fingerprint density at radius 3 is 2.59 bits per heavy atom. The maximum Gasteiger partial charge on any atom is 0.248 e. The van der Waals surface area contributed by atoms with E-state index in [4.69, 9.17) is 21.9 Å². The van der Waals surface area contributed by atoms with E-state index in [1.54, 1.807) is 0 Å². The zero-order chi connectivity index (χ0) is 20.3. The van der Waals surface area contributed by atoms with Crippen LogP contribution in [0.5, 0.6) is 11.5 Å². The molecule has 0 unspecified atom stereocenters. The summed E-state index contributed by atoms with van der Waals surface area (Å²) < 4.78 is 6.24. The lowest BCUT2D eigenvalue weighted by atomic mass is 9.34. The highest BCUT2D eigenvalue weighted by Gasteiger charge is 2.39. The van der Waals surface area contributed by atoms with Crippen molar-refractivity contribution in [2.24, 2.45) is 0 Å². The number of allylic oxidation sites excluding steroid dienone is 3. The fourth-order valence-electron chi connectivity index (χ4n) is 4.76. The molecule has 142 valence electrons. The first-order valence-electron chi connectivity index (χ1n) is 9.69. The van der Waals surface area contributed by atoms with Crippen LogP contribution in [-0.2, 0) is 6.42 Å². The van der Waals surface area contributed by atoms with E-state index in [0.717, 1.165) is 56.9 Å². The van der Waals surface area contributed by atoms with Crippen molar-refractivity contribution in [3.8, 4) is 11.5 Å². The van der Waals surface area contributed by atoms with Gasteiger partial charge in [0.05, 0.1) is 0 Å². The van der Waals surface area contributed by atoms with Gasteiger partial charge in [0.25, 0.3) is 0 Å². The van der Waals surface area contributed by atoms with E-state index in [0.29, 0.717) is 5.69 Å². The second-order valence-electron chi connectivity index (χ2n) is 7.74. The minimum Gasteiger partial charge on any atom is -0.458 e. The van der Waals surface area contributed by atoms with E-state index in [1.165, 1.54) is 11.0 Å². The molecule has 5 rings (SSSR count). The number of fused-ring (bicyclic) bond motifs is 3. The third-order valence-electron chi connectivity index (χ3n) is 6.05. The summed E-state index contributed by atoms with van der Waals surface area (Å²) in [5.74, 6) is 1.70. The van der Waals surface area contributed by atoms with Crippen LogP contribution in [0.15, 0.2) is 66.7 Å². The smallest absolute Gasteiger partial charge is 0.248 e. The van der Waals surface area contributed by atoms with Gasteiger partial charge in [0.15, 0.2) is 0 Å². The number of rotatable bonds is 2. The minimum atomic E-state index is -0.00218. The molecule has 1 aliphatic heterocycles. The first-order valence-corrected chi connectivity index (χ1v) is 9.69. The van der Waals surface area contributed by atoms with Gasteiger partial charge in [0, 0.05) is 22.6 Å². The summed E-state index contributed by atoms with van der Waals surface area (Å²) in [6.45, 7) is 6.21. The van der Waals surface area contributed by atoms with Gasteiger partial charge in [-0.05, 0) is 71.8 Å². The zero-order valence-electron chi connectivity index (χ0n) is 16.3. The number of benzene rings is 3. The monoisotopic (exact) mass is 379 g/mol. The topological polar surface area (TPSA) is 87.3 Å².